The molecule has 0 aliphatic rings. The molecule has 3 aromatic carbocycles. The van der Waals surface area contributed by atoms with Crippen molar-refractivity contribution in [2.45, 2.75) is 0 Å². The largest absolute Gasteiger partial charge is 0.457 e. The van der Waals surface area contributed by atoms with Gasteiger partial charge in [0, 0.05) is 5.56 Å². The summed E-state index contributed by atoms with van der Waals surface area (Å²) in [4.78, 5) is 19.1. The van der Waals surface area contributed by atoms with E-state index in [4.69, 9.17) is 4.74 Å². The van der Waals surface area contributed by atoms with E-state index in [2.05, 4.69) is 20.5 Å². The second kappa shape index (κ2) is 9.36. The number of nitrogens with zero attached hydrogens (tertiary/aromatic N) is 3. The SMILES string of the molecule is N#Cc1c(-c2ccccc2)nc(NN=Cc2cccc(Oc3ccc(F)cc3)c2)[nH]c1=O. The highest BCUT2D eigenvalue weighted by Crippen LogP contribution is 2.22. The first-order valence-electron chi connectivity index (χ1n) is 9.55. The highest BCUT2D eigenvalue weighted by atomic mass is 19.1. The van der Waals surface area contributed by atoms with Crippen LogP contribution in [0.5, 0.6) is 11.5 Å². The molecule has 0 saturated carbocycles. The zero-order valence-electron chi connectivity index (χ0n) is 16.6. The van der Waals surface area contributed by atoms with Gasteiger partial charge in [0.25, 0.3) is 5.56 Å². The third-order valence-corrected chi connectivity index (χ3v) is 4.37. The van der Waals surface area contributed by atoms with Gasteiger partial charge in [0.1, 0.15) is 28.9 Å². The van der Waals surface area contributed by atoms with E-state index in [-0.39, 0.29) is 23.0 Å². The molecule has 0 spiro atoms. The van der Waals surface area contributed by atoms with E-state index in [1.54, 1.807) is 42.5 Å². The molecular weight excluding hydrogens is 409 g/mol. The number of anilines is 1. The smallest absolute Gasteiger partial charge is 0.270 e. The molecule has 8 heteroatoms. The molecule has 32 heavy (non-hydrogen) atoms. The molecule has 156 valence electrons. The molecule has 0 fully saturated rings. The third-order valence-electron chi connectivity index (χ3n) is 4.37. The van der Waals surface area contributed by atoms with Crippen molar-refractivity contribution in [3.63, 3.8) is 0 Å². The third kappa shape index (κ3) is 4.86. The first-order chi connectivity index (χ1) is 15.6. The van der Waals surface area contributed by atoms with E-state index in [0.29, 0.717) is 17.1 Å². The Balaban J connectivity index is 1.52. The molecule has 2 N–H and O–H groups in total. The van der Waals surface area contributed by atoms with E-state index in [1.807, 2.05) is 18.2 Å². The van der Waals surface area contributed by atoms with Gasteiger partial charge in [-0.05, 0) is 42.0 Å². The van der Waals surface area contributed by atoms with Crippen molar-refractivity contribution in [2.75, 3.05) is 5.43 Å². The van der Waals surface area contributed by atoms with Crippen LogP contribution in [0.2, 0.25) is 0 Å². The van der Waals surface area contributed by atoms with Crippen LogP contribution in [-0.4, -0.2) is 16.2 Å². The van der Waals surface area contributed by atoms with Gasteiger partial charge in [-0.3, -0.25) is 9.78 Å². The molecule has 0 saturated heterocycles. The minimum absolute atomic E-state index is 0.0728. The summed E-state index contributed by atoms with van der Waals surface area (Å²) in [5.41, 5.74) is 3.68. The van der Waals surface area contributed by atoms with Crippen molar-refractivity contribution in [1.29, 1.82) is 5.26 Å². The average molecular weight is 425 g/mol. The fraction of sp³-hybridized carbons (Fsp3) is 0. The van der Waals surface area contributed by atoms with Crippen molar-refractivity contribution in [2.24, 2.45) is 5.10 Å². The Morgan fingerprint density at radius 2 is 1.81 bits per heavy atom. The lowest BCUT2D eigenvalue weighted by Gasteiger charge is -2.07. The second-order valence-electron chi connectivity index (χ2n) is 6.61. The lowest BCUT2D eigenvalue weighted by Crippen LogP contribution is -2.16. The lowest BCUT2D eigenvalue weighted by atomic mass is 10.1. The van der Waals surface area contributed by atoms with Gasteiger partial charge in [-0.15, -0.1) is 0 Å². The number of hydrazone groups is 1. The van der Waals surface area contributed by atoms with Gasteiger partial charge in [-0.1, -0.05) is 42.5 Å². The first-order valence-corrected chi connectivity index (χ1v) is 9.55. The van der Waals surface area contributed by atoms with Crippen LogP contribution in [-0.2, 0) is 0 Å². The van der Waals surface area contributed by atoms with Crippen molar-refractivity contribution in [1.82, 2.24) is 9.97 Å². The van der Waals surface area contributed by atoms with Crippen LogP contribution < -0.4 is 15.7 Å². The molecule has 0 atom stereocenters. The van der Waals surface area contributed by atoms with Crippen LogP contribution in [0.4, 0.5) is 10.3 Å². The summed E-state index contributed by atoms with van der Waals surface area (Å²) in [6, 6.07) is 23.7. The monoisotopic (exact) mass is 425 g/mol. The minimum atomic E-state index is -0.561. The van der Waals surface area contributed by atoms with Gasteiger partial charge in [0.15, 0.2) is 0 Å². The Morgan fingerprint density at radius 3 is 2.56 bits per heavy atom. The van der Waals surface area contributed by atoms with E-state index >= 15 is 0 Å². The number of rotatable bonds is 6. The lowest BCUT2D eigenvalue weighted by molar-refractivity contribution is 0.480. The Morgan fingerprint density at radius 1 is 1.03 bits per heavy atom. The normalized spacial score (nSPS) is 10.6. The van der Waals surface area contributed by atoms with E-state index in [9.17, 15) is 14.4 Å². The average Bonchev–Trinajstić information content (AvgIpc) is 2.81. The molecule has 0 radical (unpaired) electrons. The summed E-state index contributed by atoms with van der Waals surface area (Å²) >= 11 is 0. The summed E-state index contributed by atoms with van der Waals surface area (Å²) < 4.78 is 18.7. The van der Waals surface area contributed by atoms with Gasteiger partial charge in [0.05, 0.1) is 11.9 Å². The highest BCUT2D eigenvalue weighted by Gasteiger charge is 2.12. The number of H-pyrrole nitrogens is 1. The van der Waals surface area contributed by atoms with Crippen LogP contribution in [0.15, 0.2) is 88.8 Å². The Bertz CT molecular complexity index is 1360. The minimum Gasteiger partial charge on any atom is -0.457 e. The van der Waals surface area contributed by atoms with Crippen LogP contribution in [0.3, 0.4) is 0 Å². The maximum Gasteiger partial charge on any atom is 0.270 e. The zero-order chi connectivity index (χ0) is 22.3. The second-order valence-corrected chi connectivity index (χ2v) is 6.61. The van der Waals surface area contributed by atoms with Gasteiger partial charge < -0.3 is 4.74 Å². The standard InChI is InChI=1S/C24H16FN5O2/c25-18-9-11-19(12-10-18)32-20-8-4-5-16(13-20)15-27-30-24-28-22(17-6-2-1-3-7-17)21(14-26)23(31)29-24/h1-13,15H,(H2,28,29,30,31). The van der Waals surface area contributed by atoms with Gasteiger partial charge in [0.2, 0.25) is 5.95 Å². The van der Waals surface area contributed by atoms with Gasteiger partial charge in [-0.2, -0.15) is 10.4 Å². The molecule has 0 aliphatic carbocycles. The topological polar surface area (TPSA) is 103 Å². The maximum atomic E-state index is 13.0. The van der Waals surface area contributed by atoms with E-state index < -0.39 is 5.56 Å². The Labute approximate surface area is 182 Å². The van der Waals surface area contributed by atoms with E-state index in [1.165, 1.54) is 30.5 Å². The molecule has 4 aromatic rings. The van der Waals surface area contributed by atoms with Crippen molar-refractivity contribution in [3.05, 3.63) is 106 Å². The molecular formula is C24H16FN5O2. The summed E-state index contributed by atoms with van der Waals surface area (Å²) in [6.07, 6.45) is 1.53. The molecule has 7 nitrogen and oxygen atoms in total. The van der Waals surface area contributed by atoms with Crippen molar-refractivity contribution >= 4 is 12.2 Å². The maximum absolute atomic E-state index is 13.0. The molecule has 4 rings (SSSR count). The Kier molecular flexibility index (Phi) is 6.00. The van der Waals surface area contributed by atoms with Crippen molar-refractivity contribution in [3.8, 4) is 28.8 Å². The van der Waals surface area contributed by atoms with Gasteiger partial charge in [-0.25, -0.2) is 14.8 Å². The number of benzene rings is 3. The molecule has 0 unspecified atom stereocenters. The number of hydrogen-bond acceptors (Lipinski definition) is 6. The molecule has 1 heterocycles. The fourth-order valence-corrected chi connectivity index (χ4v) is 2.90. The number of halogens is 1. The van der Waals surface area contributed by atoms with Crippen LogP contribution in [0.25, 0.3) is 11.3 Å². The van der Waals surface area contributed by atoms with Crippen molar-refractivity contribution < 1.29 is 9.13 Å². The molecule has 0 amide bonds. The number of hydrogen-bond donors (Lipinski definition) is 2. The molecule has 0 aliphatic heterocycles. The summed E-state index contributed by atoms with van der Waals surface area (Å²) in [7, 11) is 0. The van der Waals surface area contributed by atoms with Crippen LogP contribution in [0, 0.1) is 17.1 Å². The molecule has 0 bridgehead atoms. The summed E-state index contributed by atoms with van der Waals surface area (Å²) in [6.45, 7) is 0. The Hall–Kier alpha value is -4.77. The number of aromatic nitrogens is 2. The van der Waals surface area contributed by atoms with Crippen LogP contribution >= 0.6 is 0 Å². The number of nitrogens with one attached hydrogen (secondary N) is 2. The van der Waals surface area contributed by atoms with E-state index in [0.717, 1.165) is 5.56 Å². The van der Waals surface area contributed by atoms with Gasteiger partial charge >= 0.3 is 0 Å². The summed E-state index contributed by atoms with van der Waals surface area (Å²) in [5, 5.41) is 13.4. The predicted octanol–water partition coefficient (Wildman–Crippen LogP) is 4.69. The summed E-state index contributed by atoms with van der Waals surface area (Å²) in [5.74, 6) is 0.820. The highest BCUT2D eigenvalue weighted by molar-refractivity contribution is 5.80. The zero-order valence-corrected chi connectivity index (χ0v) is 16.6. The molecule has 1 aromatic heterocycles. The number of ether oxygens (including phenoxy) is 1. The number of nitriles is 1. The number of aromatic amines is 1. The fourth-order valence-electron chi connectivity index (χ4n) is 2.90. The first kappa shape index (κ1) is 20.5. The quantitative estimate of drug-likeness (QED) is 0.345. The predicted molar refractivity (Wildman–Crippen MR) is 119 cm³/mol. The van der Waals surface area contributed by atoms with Crippen LogP contribution in [0.1, 0.15) is 11.1 Å².